The number of halogens is 1. The SMILES string of the molecule is Cc1ccnc(NC(=O)CN(C)C(=O)c2cccc(I)c2)c1. The molecule has 2 rings (SSSR count). The molecule has 0 atom stereocenters. The zero-order valence-corrected chi connectivity index (χ0v) is 14.5. The summed E-state index contributed by atoms with van der Waals surface area (Å²) in [6.45, 7) is 1.89. The van der Waals surface area contributed by atoms with Crippen LogP contribution in [0.3, 0.4) is 0 Å². The maximum absolute atomic E-state index is 12.3. The van der Waals surface area contributed by atoms with Gasteiger partial charge in [-0.05, 0) is 65.4 Å². The number of anilines is 1. The molecule has 0 aliphatic carbocycles. The molecule has 0 aliphatic heterocycles. The molecule has 5 nitrogen and oxygen atoms in total. The quantitative estimate of drug-likeness (QED) is 0.791. The predicted molar refractivity (Wildman–Crippen MR) is 93.7 cm³/mol. The van der Waals surface area contributed by atoms with Gasteiger partial charge in [-0.1, -0.05) is 6.07 Å². The van der Waals surface area contributed by atoms with Crippen molar-refractivity contribution >= 4 is 40.2 Å². The normalized spacial score (nSPS) is 10.1. The van der Waals surface area contributed by atoms with Crippen molar-refractivity contribution in [2.24, 2.45) is 0 Å². The third-order valence-electron chi connectivity index (χ3n) is 2.98. The van der Waals surface area contributed by atoms with E-state index in [4.69, 9.17) is 0 Å². The molecule has 1 N–H and O–H groups in total. The van der Waals surface area contributed by atoms with Crippen molar-refractivity contribution in [2.45, 2.75) is 6.92 Å². The summed E-state index contributed by atoms with van der Waals surface area (Å²) in [5, 5.41) is 2.69. The first kappa shape index (κ1) is 16.4. The number of likely N-dealkylation sites (N-methyl/N-ethyl adjacent to an activating group) is 1. The Morgan fingerprint density at radius 3 is 2.73 bits per heavy atom. The average molecular weight is 409 g/mol. The summed E-state index contributed by atoms with van der Waals surface area (Å²) >= 11 is 2.15. The summed E-state index contributed by atoms with van der Waals surface area (Å²) in [5.41, 5.74) is 1.57. The Labute approximate surface area is 142 Å². The molecule has 0 bridgehead atoms. The van der Waals surface area contributed by atoms with Gasteiger partial charge in [0.2, 0.25) is 5.91 Å². The highest BCUT2D eigenvalue weighted by Crippen LogP contribution is 2.10. The first-order valence-electron chi connectivity index (χ1n) is 6.69. The molecular formula is C16H16IN3O2. The lowest BCUT2D eigenvalue weighted by molar-refractivity contribution is -0.116. The van der Waals surface area contributed by atoms with E-state index in [2.05, 4.69) is 32.9 Å². The second-order valence-corrected chi connectivity index (χ2v) is 6.18. The van der Waals surface area contributed by atoms with E-state index in [0.717, 1.165) is 9.13 Å². The van der Waals surface area contributed by atoms with Gasteiger partial charge < -0.3 is 10.2 Å². The number of amides is 2. The zero-order valence-electron chi connectivity index (χ0n) is 12.3. The summed E-state index contributed by atoms with van der Waals surface area (Å²) in [7, 11) is 1.60. The Hall–Kier alpha value is -1.96. The van der Waals surface area contributed by atoms with Crippen molar-refractivity contribution in [3.05, 3.63) is 57.3 Å². The van der Waals surface area contributed by atoms with Crippen LogP contribution in [-0.2, 0) is 4.79 Å². The van der Waals surface area contributed by atoms with Gasteiger partial charge in [0.05, 0.1) is 6.54 Å². The molecule has 22 heavy (non-hydrogen) atoms. The van der Waals surface area contributed by atoms with Crippen molar-refractivity contribution in [3.8, 4) is 0 Å². The molecule has 0 fully saturated rings. The van der Waals surface area contributed by atoms with Gasteiger partial charge in [0.1, 0.15) is 5.82 Å². The highest BCUT2D eigenvalue weighted by atomic mass is 127. The molecule has 2 amide bonds. The van der Waals surface area contributed by atoms with Crippen LogP contribution in [0.1, 0.15) is 15.9 Å². The molecule has 1 aromatic carbocycles. The van der Waals surface area contributed by atoms with Crippen LogP contribution in [-0.4, -0.2) is 35.3 Å². The van der Waals surface area contributed by atoms with Crippen LogP contribution < -0.4 is 5.32 Å². The van der Waals surface area contributed by atoms with Gasteiger partial charge >= 0.3 is 0 Å². The van der Waals surface area contributed by atoms with E-state index in [1.165, 1.54) is 4.90 Å². The Bertz CT molecular complexity index is 703. The number of rotatable bonds is 4. The highest BCUT2D eigenvalue weighted by molar-refractivity contribution is 14.1. The van der Waals surface area contributed by atoms with Gasteiger partial charge in [-0.3, -0.25) is 9.59 Å². The van der Waals surface area contributed by atoms with E-state index >= 15 is 0 Å². The van der Waals surface area contributed by atoms with E-state index < -0.39 is 0 Å². The van der Waals surface area contributed by atoms with Crippen LogP contribution in [0, 0.1) is 10.5 Å². The van der Waals surface area contributed by atoms with Gasteiger partial charge in [0.25, 0.3) is 5.91 Å². The lowest BCUT2D eigenvalue weighted by Crippen LogP contribution is -2.35. The largest absolute Gasteiger partial charge is 0.332 e. The fourth-order valence-corrected chi connectivity index (χ4v) is 2.46. The number of nitrogens with one attached hydrogen (secondary N) is 1. The van der Waals surface area contributed by atoms with Crippen LogP contribution in [0.5, 0.6) is 0 Å². The number of aromatic nitrogens is 1. The molecule has 2 aromatic rings. The molecule has 0 unspecified atom stereocenters. The van der Waals surface area contributed by atoms with Crippen LogP contribution in [0.15, 0.2) is 42.6 Å². The Morgan fingerprint density at radius 1 is 1.27 bits per heavy atom. The monoisotopic (exact) mass is 409 g/mol. The van der Waals surface area contributed by atoms with E-state index in [1.54, 1.807) is 31.4 Å². The van der Waals surface area contributed by atoms with Crippen molar-refractivity contribution in [1.29, 1.82) is 0 Å². The highest BCUT2D eigenvalue weighted by Gasteiger charge is 2.15. The lowest BCUT2D eigenvalue weighted by atomic mass is 10.2. The van der Waals surface area contributed by atoms with Crippen molar-refractivity contribution in [3.63, 3.8) is 0 Å². The maximum Gasteiger partial charge on any atom is 0.254 e. The molecule has 0 saturated heterocycles. The summed E-state index contributed by atoms with van der Waals surface area (Å²) in [4.78, 5) is 29.7. The molecule has 0 radical (unpaired) electrons. The average Bonchev–Trinajstić information content (AvgIpc) is 2.46. The second-order valence-electron chi connectivity index (χ2n) is 4.94. The van der Waals surface area contributed by atoms with Crippen molar-refractivity contribution in [1.82, 2.24) is 9.88 Å². The van der Waals surface area contributed by atoms with Crippen molar-refractivity contribution < 1.29 is 9.59 Å². The van der Waals surface area contributed by atoms with Crippen LogP contribution in [0.25, 0.3) is 0 Å². The van der Waals surface area contributed by atoms with E-state index in [9.17, 15) is 9.59 Å². The number of carbonyl (C=O) groups is 2. The Morgan fingerprint density at radius 2 is 2.05 bits per heavy atom. The number of hydrogen-bond acceptors (Lipinski definition) is 3. The third kappa shape index (κ3) is 4.52. The minimum atomic E-state index is -0.278. The fraction of sp³-hybridized carbons (Fsp3) is 0.188. The Kier molecular flexibility index (Phi) is 5.48. The third-order valence-corrected chi connectivity index (χ3v) is 3.65. The number of nitrogens with zero attached hydrogens (tertiary/aromatic N) is 2. The molecule has 1 heterocycles. The van der Waals surface area contributed by atoms with Gasteiger partial charge in [-0.15, -0.1) is 0 Å². The van der Waals surface area contributed by atoms with E-state index in [0.29, 0.717) is 11.4 Å². The number of pyridine rings is 1. The zero-order chi connectivity index (χ0) is 16.1. The summed E-state index contributed by atoms with van der Waals surface area (Å²) < 4.78 is 0.977. The topological polar surface area (TPSA) is 62.3 Å². The minimum absolute atomic E-state index is 0.0278. The first-order chi connectivity index (χ1) is 10.5. The van der Waals surface area contributed by atoms with Crippen molar-refractivity contribution in [2.75, 3.05) is 18.9 Å². The molecule has 6 heteroatoms. The van der Waals surface area contributed by atoms with E-state index in [1.807, 2.05) is 25.1 Å². The summed E-state index contributed by atoms with van der Waals surface area (Å²) in [6.07, 6.45) is 1.63. The van der Waals surface area contributed by atoms with Gasteiger partial charge in [-0.25, -0.2) is 4.98 Å². The van der Waals surface area contributed by atoms with Crippen LogP contribution in [0.4, 0.5) is 5.82 Å². The molecule has 0 spiro atoms. The minimum Gasteiger partial charge on any atom is -0.332 e. The number of hydrogen-bond donors (Lipinski definition) is 1. The van der Waals surface area contributed by atoms with E-state index in [-0.39, 0.29) is 18.4 Å². The number of aryl methyl sites for hydroxylation is 1. The smallest absolute Gasteiger partial charge is 0.254 e. The lowest BCUT2D eigenvalue weighted by Gasteiger charge is -2.17. The van der Waals surface area contributed by atoms with Gasteiger partial charge in [0.15, 0.2) is 0 Å². The fourth-order valence-electron chi connectivity index (χ4n) is 1.92. The molecular weight excluding hydrogens is 393 g/mol. The van der Waals surface area contributed by atoms with Gasteiger partial charge in [-0.2, -0.15) is 0 Å². The summed E-state index contributed by atoms with van der Waals surface area (Å²) in [5.74, 6) is 0.0190. The number of carbonyl (C=O) groups excluding carboxylic acids is 2. The van der Waals surface area contributed by atoms with Gasteiger partial charge in [0, 0.05) is 22.4 Å². The van der Waals surface area contributed by atoms with Crippen LogP contribution >= 0.6 is 22.6 Å². The maximum atomic E-state index is 12.3. The molecule has 114 valence electrons. The standard InChI is InChI=1S/C16H16IN3O2/c1-11-6-7-18-14(8-11)19-15(21)10-20(2)16(22)12-4-3-5-13(17)9-12/h3-9H,10H2,1-2H3,(H,18,19,21). The Balaban J connectivity index is 1.97. The second kappa shape index (κ2) is 7.35. The first-order valence-corrected chi connectivity index (χ1v) is 7.77. The van der Waals surface area contributed by atoms with Crippen LogP contribution in [0.2, 0.25) is 0 Å². The predicted octanol–water partition coefficient (Wildman–Crippen LogP) is 2.71. The molecule has 0 saturated carbocycles. The summed E-state index contributed by atoms with van der Waals surface area (Å²) in [6, 6.07) is 10.9. The number of benzene rings is 1. The molecule has 1 aromatic heterocycles. The molecule has 0 aliphatic rings.